The molecule has 19 heavy (non-hydrogen) atoms. The van der Waals surface area contributed by atoms with Crippen molar-refractivity contribution in [3.8, 4) is 5.75 Å². The number of benzene rings is 1. The average Bonchev–Trinajstić information content (AvgIpc) is 2.36. The topological polar surface area (TPSA) is 38.5 Å². The maximum Gasteiger partial charge on any atom is 0.123 e. The number of hydrogen-bond donors (Lipinski definition) is 1. The highest BCUT2D eigenvalue weighted by molar-refractivity contribution is 7.98. The Labute approximate surface area is 121 Å². The average molecular weight is 282 g/mol. The van der Waals surface area contributed by atoms with E-state index in [-0.39, 0.29) is 6.04 Å². The second-order valence-corrected chi connectivity index (χ2v) is 6.05. The summed E-state index contributed by atoms with van der Waals surface area (Å²) in [6.07, 6.45) is 0. The molecule has 0 bridgehead atoms. The van der Waals surface area contributed by atoms with E-state index >= 15 is 0 Å². The molecule has 0 aliphatic heterocycles. The molecule has 1 atom stereocenters. The van der Waals surface area contributed by atoms with Crippen LogP contribution in [-0.4, -0.2) is 37.9 Å². The Morgan fingerprint density at radius 3 is 2.68 bits per heavy atom. The van der Waals surface area contributed by atoms with Crippen LogP contribution in [0.25, 0.3) is 0 Å². The third kappa shape index (κ3) is 5.85. The van der Waals surface area contributed by atoms with Crippen LogP contribution in [0.15, 0.2) is 18.2 Å². The van der Waals surface area contributed by atoms with Crippen molar-refractivity contribution in [1.82, 2.24) is 4.90 Å². The summed E-state index contributed by atoms with van der Waals surface area (Å²) in [5.41, 5.74) is 8.37. The van der Waals surface area contributed by atoms with Crippen LogP contribution in [0.5, 0.6) is 5.75 Å². The zero-order chi connectivity index (χ0) is 14.3. The van der Waals surface area contributed by atoms with Crippen molar-refractivity contribution in [3.63, 3.8) is 0 Å². The van der Waals surface area contributed by atoms with Crippen LogP contribution < -0.4 is 10.5 Å². The van der Waals surface area contributed by atoms with Crippen LogP contribution in [0, 0.1) is 0 Å². The van der Waals surface area contributed by atoms with Gasteiger partial charge in [0.05, 0.1) is 6.61 Å². The molecule has 1 aromatic carbocycles. The highest BCUT2D eigenvalue weighted by Gasteiger charge is 2.07. The van der Waals surface area contributed by atoms with Gasteiger partial charge >= 0.3 is 0 Å². The molecule has 0 aliphatic carbocycles. The SMILES string of the molecule is CCOc1ccc(C(C)N)cc1CSCCN(C)C. The lowest BCUT2D eigenvalue weighted by Crippen LogP contribution is -2.14. The van der Waals surface area contributed by atoms with Gasteiger partial charge in [0.15, 0.2) is 0 Å². The summed E-state index contributed by atoms with van der Waals surface area (Å²) >= 11 is 1.93. The molecule has 0 heterocycles. The molecule has 0 saturated carbocycles. The lowest BCUT2D eigenvalue weighted by atomic mass is 10.1. The van der Waals surface area contributed by atoms with Crippen molar-refractivity contribution in [3.05, 3.63) is 29.3 Å². The Balaban J connectivity index is 2.68. The summed E-state index contributed by atoms with van der Waals surface area (Å²) in [5, 5.41) is 0. The summed E-state index contributed by atoms with van der Waals surface area (Å²) in [6, 6.07) is 6.35. The van der Waals surface area contributed by atoms with E-state index in [4.69, 9.17) is 10.5 Å². The van der Waals surface area contributed by atoms with E-state index in [9.17, 15) is 0 Å². The Kier molecular flexibility index (Phi) is 7.28. The van der Waals surface area contributed by atoms with Gasteiger partial charge in [-0.1, -0.05) is 6.07 Å². The lowest BCUT2D eigenvalue weighted by Gasteiger charge is -2.14. The molecule has 0 aliphatic rings. The lowest BCUT2D eigenvalue weighted by molar-refractivity contribution is 0.337. The molecule has 0 spiro atoms. The van der Waals surface area contributed by atoms with Gasteiger partial charge in [-0.3, -0.25) is 0 Å². The molecular formula is C15H26N2OS. The summed E-state index contributed by atoms with van der Waals surface area (Å²) in [7, 11) is 4.20. The minimum Gasteiger partial charge on any atom is -0.494 e. The fourth-order valence-corrected chi connectivity index (χ4v) is 2.81. The first-order chi connectivity index (χ1) is 9.04. The van der Waals surface area contributed by atoms with Crippen LogP contribution in [0.1, 0.15) is 31.0 Å². The van der Waals surface area contributed by atoms with Crippen molar-refractivity contribution < 1.29 is 4.74 Å². The number of rotatable bonds is 8. The quantitative estimate of drug-likeness (QED) is 0.744. The Hall–Kier alpha value is -0.710. The Bertz CT molecular complexity index is 380. The zero-order valence-corrected chi connectivity index (χ0v) is 13.3. The van der Waals surface area contributed by atoms with E-state index in [2.05, 4.69) is 31.1 Å². The van der Waals surface area contributed by atoms with Gasteiger partial charge in [-0.15, -0.1) is 0 Å². The molecule has 3 nitrogen and oxygen atoms in total. The molecule has 1 rings (SSSR count). The van der Waals surface area contributed by atoms with Crippen LogP contribution in [0.2, 0.25) is 0 Å². The first-order valence-electron chi connectivity index (χ1n) is 6.78. The van der Waals surface area contributed by atoms with Gasteiger partial charge in [0.25, 0.3) is 0 Å². The van der Waals surface area contributed by atoms with Crippen molar-refractivity contribution in [2.75, 3.05) is 33.0 Å². The predicted octanol–water partition coefficient (Wildman–Crippen LogP) is 2.90. The van der Waals surface area contributed by atoms with Gasteiger partial charge in [-0.2, -0.15) is 11.8 Å². The third-order valence-corrected chi connectivity index (χ3v) is 3.84. The molecule has 0 aromatic heterocycles. The summed E-state index contributed by atoms with van der Waals surface area (Å²) < 4.78 is 5.69. The molecule has 0 radical (unpaired) electrons. The fourth-order valence-electron chi connectivity index (χ4n) is 1.72. The molecule has 2 N–H and O–H groups in total. The van der Waals surface area contributed by atoms with Crippen molar-refractivity contribution in [2.45, 2.75) is 25.6 Å². The second kappa shape index (κ2) is 8.46. The Morgan fingerprint density at radius 2 is 2.11 bits per heavy atom. The van der Waals surface area contributed by atoms with Gasteiger partial charge in [-0.25, -0.2) is 0 Å². The van der Waals surface area contributed by atoms with Crippen LogP contribution >= 0.6 is 11.8 Å². The van der Waals surface area contributed by atoms with Gasteiger partial charge in [0, 0.05) is 29.7 Å². The monoisotopic (exact) mass is 282 g/mol. The van der Waals surface area contributed by atoms with Gasteiger partial charge < -0.3 is 15.4 Å². The molecule has 0 amide bonds. The number of ether oxygens (including phenoxy) is 1. The highest BCUT2D eigenvalue weighted by Crippen LogP contribution is 2.26. The molecular weight excluding hydrogens is 256 g/mol. The van der Waals surface area contributed by atoms with Crippen LogP contribution in [0.3, 0.4) is 0 Å². The normalized spacial score (nSPS) is 12.7. The second-order valence-electron chi connectivity index (χ2n) is 4.94. The molecule has 1 aromatic rings. The maximum atomic E-state index is 5.95. The van der Waals surface area contributed by atoms with Crippen LogP contribution in [0.4, 0.5) is 0 Å². The highest BCUT2D eigenvalue weighted by atomic mass is 32.2. The van der Waals surface area contributed by atoms with E-state index in [0.717, 1.165) is 23.8 Å². The minimum absolute atomic E-state index is 0.0706. The maximum absolute atomic E-state index is 5.95. The number of nitrogens with zero attached hydrogens (tertiary/aromatic N) is 1. The molecule has 0 fully saturated rings. The van der Waals surface area contributed by atoms with Gasteiger partial charge in [0.2, 0.25) is 0 Å². The van der Waals surface area contributed by atoms with E-state index < -0.39 is 0 Å². The largest absolute Gasteiger partial charge is 0.494 e. The summed E-state index contributed by atoms with van der Waals surface area (Å²) in [4.78, 5) is 2.20. The van der Waals surface area contributed by atoms with Gasteiger partial charge in [-0.05, 0) is 45.6 Å². The molecule has 1 unspecified atom stereocenters. The number of nitrogens with two attached hydrogens (primary N) is 1. The van der Waals surface area contributed by atoms with Crippen LogP contribution in [-0.2, 0) is 5.75 Å². The van der Waals surface area contributed by atoms with Crippen molar-refractivity contribution in [2.24, 2.45) is 5.73 Å². The van der Waals surface area contributed by atoms with E-state index in [1.807, 2.05) is 31.7 Å². The third-order valence-electron chi connectivity index (χ3n) is 2.85. The summed E-state index contributed by atoms with van der Waals surface area (Å²) in [5.74, 6) is 3.09. The number of thioether (sulfide) groups is 1. The standard InChI is InChI=1S/C15H26N2OS/c1-5-18-15-7-6-13(12(2)16)10-14(15)11-19-9-8-17(3)4/h6-7,10,12H,5,8-9,11,16H2,1-4H3. The van der Waals surface area contributed by atoms with Crippen molar-refractivity contribution >= 4 is 11.8 Å². The Morgan fingerprint density at radius 1 is 1.37 bits per heavy atom. The molecule has 4 heteroatoms. The summed E-state index contributed by atoms with van der Waals surface area (Å²) in [6.45, 7) is 5.83. The fraction of sp³-hybridized carbons (Fsp3) is 0.600. The van der Waals surface area contributed by atoms with Crippen molar-refractivity contribution in [1.29, 1.82) is 0 Å². The minimum atomic E-state index is 0.0706. The van der Waals surface area contributed by atoms with E-state index in [0.29, 0.717) is 6.61 Å². The first kappa shape index (κ1) is 16.3. The molecule has 108 valence electrons. The first-order valence-corrected chi connectivity index (χ1v) is 7.93. The van der Waals surface area contributed by atoms with E-state index in [1.165, 1.54) is 11.1 Å². The number of hydrogen-bond acceptors (Lipinski definition) is 4. The predicted molar refractivity (Wildman–Crippen MR) is 84.9 cm³/mol. The van der Waals surface area contributed by atoms with Gasteiger partial charge in [0.1, 0.15) is 5.75 Å². The zero-order valence-electron chi connectivity index (χ0n) is 12.5. The molecule has 0 saturated heterocycles. The van der Waals surface area contributed by atoms with E-state index in [1.54, 1.807) is 0 Å². The smallest absolute Gasteiger partial charge is 0.123 e.